The molecule has 0 fully saturated rings. The quantitative estimate of drug-likeness (QED) is 0.673. The second kappa shape index (κ2) is 8.70. The fourth-order valence-electron chi connectivity index (χ4n) is 1.18. The molecule has 0 heterocycles. The number of rotatable bonds is 7. The van der Waals surface area contributed by atoms with Gasteiger partial charge < -0.3 is 15.0 Å². The molecule has 5 heteroatoms. The summed E-state index contributed by atoms with van der Waals surface area (Å²) in [6.07, 6.45) is -0.332. The molecule has 0 aromatic carbocycles. The van der Waals surface area contributed by atoms with E-state index in [1.165, 1.54) is 0 Å². The molecule has 0 saturated heterocycles. The molecule has 0 aliphatic rings. The molecule has 4 nitrogen and oxygen atoms in total. The van der Waals surface area contributed by atoms with Crippen LogP contribution in [0.5, 0.6) is 0 Å². The summed E-state index contributed by atoms with van der Waals surface area (Å²) >= 11 is 4.29. The van der Waals surface area contributed by atoms with Crippen molar-refractivity contribution in [3.63, 3.8) is 0 Å². The Morgan fingerprint density at radius 1 is 1.44 bits per heavy atom. The van der Waals surface area contributed by atoms with Gasteiger partial charge in [0.15, 0.2) is 0 Å². The van der Waals surface area contributed by atoms with Gasteiger partial charge in [0.1, 0.15) is 6.61 Å². The van der Waals surface area contributed by atoms with Crippen molar-refractivity contribution in [3.05, 3.63) is 0 Å². The summed E-state index contributed by atoms with van der Waals surface area (Å²) in [4.78, 5) is 13.3. The van der Waals surface area contributed by atoms with Crippen molar-refractivity contribution in [1.82, 2.24) is 10.2 Å². The number of nitrogens with one attached hydrogen (secondary N) is 1. The van der Waals surface area contributed by atoms with E-state index in [-0.39, 0.29) is 6.09 Å². The van der Waals surface area contributed by atoms with Crippen molar-refractivity contribution in [3.8, 4) is 0 Å². The molecule has 1 amide bonds. The molecule has 0 aromatic heterocycles. The molecule has 0 bridgehead atoms. The second-order valence-corrected chi connectivity index (χ2v) is 5.40. The Balaban J connectivity index is 3.46. The van der Waals surface area contributed by atoms with E-state index in [4.69, 9.17) is 4.74 Å². The number of carbonyl (C=O) groups excluding carboxylic acids is 1. The molecule has 0 aromatic rings. The molecule has 1 atom stereocenters. The first-order valence-corrected chi connectivity index (χ1v) is 6.20. The summed E-state index contributed by atoms with van der Waals surface area (Å²) in [5.74, 6) is 0.445. The van der Waals surface area contributed by atoms with Crippen molar-refractivity contribution >= 4 is 18.7 Å². The Labute approximate surface area is 104 Å². The molecule has 16 heavy (non-hydrogen) atoms. The van der Waals surface area contributed by atoms with Crippen LogP contribution in [0.25, 0.3) is 0 Å². The van der Waals surface area contributed by atoms with E-state index in [1.54, 1.807) is 0 Å². The van der Waals surface area contributed by atoms with Crippen LogP contribution >= 0.6 is 12.6 Å². The highest BCUT2D eigenvalue weighted by molar-refractivity contribution is 7.80. The first-order valence-electron chi connectivity index (χ1n) is 5.69. The fourth-order valence-corrected chi connectivity index (χ4v) is 1.45. The number of likely N-dealkylation sites (N-methyl/N-ethyl adjacent to an activating group) is 1. The number of hydrogen-bond donors (Lipinski definition) is 2. The molecule has 1 N–H and O–H groups in total. The van der Waals surface area contributed by atoms with Crippen LogP contribution in [0.15, 0.2) is 0 Å². The topological polar surface area (TPSA) is 41.6 Å². The van der Waals surface area contributed by atoms with Crippen LogP contribution < -0.4 is 5.32 Å². The lowest BCUT2D eigenvalue weighted by molar-refractivity contribution is 0.132. The minimum Gasteiger partial charge on any atom is -0.448 e. The van der Waals surface area contributed by atoms with Gasteiger partial charge in [0, 0.05) is 24.9 Å². The van der Waals surface area contributed by atoms with Gasteiger partial charge in [-0.2, -0.15) is 12.6 Å². The Morgan fingerprint density at radius 3 is 2.56 bits per heavy atom. The lowest BCUT2D eigenvalue weighted by Crippen LogP contribution is -2.32. The zero-order valence-electron chi connectivity index (χ0n) is 10.7. The van der Waals surface area contributed by atoms with E-state index in [9.17, 15) is 4.79 Å². The standard InChI is InChI=1S/C11H24N2O2S/c1-9(2)7-12-11(14)15-6-5-13(4)8-10(3)16/h9-10,16H,5-8H2,1-4H3,(H,12,14). The summed E-state index contributed by atoms with van der Waals surface area (Å²) in [5, 5.41) is 3.03. The third-order valence-corrected chi connectivity index (χ3v) is 2.10. The van der Waals surface area contributed by atoms with Crippen molar-refractivity contribution in [2.45, 2.75) is 26.0 Å². The lowest BCUT2D eigenvalue weighted by Gasteiger charge is -2.18. The third-order valence-electron chi connectivity index (χ3n) is 1.94. The Kier molecular flexibility index (Phi) is 8.47. The van der Waals surface area contributed by atoms with E-state index in [1.807, 2.05) is 27.8 Å². The summed E-state index contributed by atoms with van der Waals surface area (Å²) in [5.41, 5.74) is 0. The summed E-state index contributed by atoms with van der Waals surface area (Å²) in [6.45, 7) is 8.82. The van der Waals surface area contributed by atoms with Gasteiger partial charge in [0.25, 0.3) is 0 Å². The van der Waals surface area contributed by atoms with Gasteiger partial charge in [-0.15, -0.1) is 0 Å². The average molecular weight is 248 g/mol. The first kappa shape index (κ1) is 15.6. The molecule has 0 radical (unpaired) electrons. The van der Waals surface area contributed by atoms with E-state index in [0.29, 0.717) is 24.3 Å². The highest BCUT2D eigenvalue weighted by atomic mass is 32.1. The van der Waals surface area contributed by atoms with Gasteiger partial charge in [0.05, 0.1) is 0 Å². The molecular weight excluding hydrogens is 224 g/mol. The second-order valence-electron chi connectivity index (χ2n) is 4.52. The van der Waals surface area contributed by atoms with Crippen LogP contribution in [-0.2, 0) is 4.74 Å². The van der Waals surface area contributed by atoms with Crippen LogP contribution in [-0.4, -0.2) is 49.5 Å². The van der Waals surface area contributed by atoms with Crippen LogP contribution in [0.4, 0.5) is 4.79 Å². The number of carbonyl (C=O) groups is 1. The van der Waals surface area contributed by atoms with Crippen LogP contribution in [0.1, 0.15) is 20.8 Å². The van der Waals surface area contributed by atoms with E-state index < -0.39 is 0 Å². The number of ether oxygens (including phenoxy) is 1. The Hall–Kier alpha value is -0.420. The maximum absolute atomic E-state index is 11.2. The zero-order valence-corrected chi connectivity index (χ0v) is 11.6. The van der Waals surface area contributed by atoms with E-state index in [0.717, 1.165) is 13.1 Å². The predicted molar refractivity (Wildman–Crippen MR) is 70.1 cm³/mol. The number of nitrogens with zero attached hydrogens (tertiary/aromatic N) is 1. The third kappa shape index (κ3) is 10.1. The van der Waals surface area contributed by atoms with Gasteiger partial charge in [-0.05, 0) is 13.0 Å². The van der Waals surface area contributed by atoms with Crippen molar-refractivity contribution < 1.29 is 9.53 Å². The summed E-state index contributed by atoms with van der Waals surface area (Å²) < 4.78 is 5.03. The van der Waals surface area contributed by atoms with Crippen LogP contribution in [0.2, 0.25) is 0 Å². The Morgan fingerprint density at radius 2 is 2.06 bits per heavy atom. The van der Waals surface area contributed by atoms with Gasteiger partial charge in [0.2, 0.25) is 0 Å². The van der Waals surface area contributed by atoms with Crippen molar-refractivity contribution in [2.24, 2.45) is 5.92 Å². The molecule has 0 aliphatic heterocycles. The smallest absolute Gasteiger partial charge is 0.407 e. The van der Waals surface area contributed by atoms with Crippen LogP contribution in [0, 0.1) is 5.92 Å². The first-order chi connectivity index (χ1) is 7.41. The number of thiol groups is 1. The van der Waals surface area contributed by atoms with E-state index >= 15 is 0 Å². The molecule has 0 rings (SSSR count). The lowest BCUT2D eigenvalue weighted by atomic mass is 10.2. The highest BCUT2D eigenvalue weighted by Crippen LogP contribution is 1.95. The summed E-state index contributed by atoms with van der Waals surface area (Å²) in [7, 11) is 1.99. The largest absolute Gasteiger partial charge is 0.448 e. The van der Waals surface area contributed by atoms with Gasteiger partial charge in [-0.1, -0.05) is 20.8 Å². The summed E-state index contributed by atoms with van der Waals surface area (Å²) in [6, 6.07) is 0. The molecule has 0 aliphatic carbocycles. The molecule has 0 spiro atoms. The van der Waals surface area contributed by atoms with Crippen molar-refractivity contribution in [1.29, 1.82) is 0 Å². The number of hydrogen-bond acceptors (Lipinski definition) is 4. The minimum absolute atomic E-state index is 0.332. The number of amides is 1. The maximum atomic E-state index is 11.2. The monoisotopic (exact) mass is 248 g/mol. The highest BCUT2D eigenvalue weighted by Gasteiger charge is 2.05. The normalized spacial score (nSPS) is 12.9. The Bertz CT molecular complexity index is 198. The minimum atomic E-state index is -0.332. The van der Waals surface area contributed by atoms with Gasteiger partial charge >= 0.3 is 6.09 Å². The maximum Gasteiger partial charge on any atom is 0.407 e. The molecule has 0 saturated carbocycles. The molecular formula is C11H24N2O2S. The number of alkyl carbamates (subject to hydrolysis) is 1. The SMILES string of the molecule is CC(C)CNC(=O)OCCN(C)CC(C)S. The average Bonchev–Trinajstić information content (AvgIpc) is 2.13. The molecule has 96 valence electrons. The van der Waals surface area contributed by atoms with E-state index in [2.05, 4.69) is 22.8 Å². The fraction of sp³-hybridized carbons (Fsp3) is 0.909. The van der Waals surface area contributed by atoms with Gasteiger partial charge in [-0.3, -0.25) is 0 Å². The van der Waals surface area contributed by atoms with Crippen LogP contribution in [0.3, 0.4) is 0 Å². The van der Waals surface area contributed by atoms with Gasteiger partial charge in [-0.25, -0.2) is 4.79 Å². The zero-order chi connectivity index (χ0) is 12.6. The predicted octanol–water partition coefficient (Wildman–Crippen LogP) is 1.62. The van der Waals surface area contributed by atoms with Crippen molar-refractivity contribution in [2.75, 3.05) is 33.3 Å². The molecule has 1 unspecified atom stereocenters.